The highest BCUT2D eigenvalue weighted by molar-refractivity contribution is 7.95. The number of amides is 1. The van der Waals surface area contributed by atoms with Gasteiger partial charge in [0.2, 0.25) is 0 Å². The molecule has 0 atom stereocenters. The third-order valence-electron chi connectivity index (χ3n) is 1.62. The van der Waals surface area contributed by atoms with Crippen LogP contribution in [-0.4, -0.2) is 17.9 Å². The lowest BCUT2D eigenvalue weighted by Gasteiger charge is -2.02. The number of rotatable bonds is 5. The van der Waals surface area contributed by atoms with Gasteiger partial charge >= 0.3 is 6.09 Å². The lowest BCUT2D eigenvalue weighted by molar-refractivity contribution is 0.208. The molecule has 1 saturated carbocycles. The Bertz CT molecular complexity index is 148. The molecule has 1 aliphatic rings. The summed E-state index contributed by atoms with van der Waals surface area (Å²) >= 11 is 1.24. The van der Waals surface area contributed by atoms with E-state index in [2.05, 4.69) is 12.2 Å². The Morgan fingerprint density at radius 1 is 1.67 bits per heavy atom. The second kappa shape index (κ2) is 5.30. The standard InChI is InChI=1S/C8H15NO2S/c1-2-3-6-12-11-8(10)9-7-4-5-7/h7H,2-6H2,1H3,(H,9,10). The van der Waals surface area contributed by atoms with E-state index in [4.69, 9.17) is 4.18 Å². The smallest absolute Gasteiger partial charge is 0.375 e. The lowest BCUT2D eigenvalue weighted by atomic mass is 10.4. The van der Waals surface area contributed by atoms with Gasteiger partial charge in [0.1, 0.15) is 0 Å². The van der Waals surface area contributed by atoms with Crippen LogP contribution in [-0.2, 0) is 4.18 Å². The van der Waals surface area contributed by atoms with Crippen LogP contribution >= 0.6 is 12.0 Å². The molecule has 1 amide bonds. The van der Waals surface area contributed by atoms with Crippen LogP contribution in [0.2, 0.25) is 0 Å². The van der Waals surface area contributed by atoms with Gasteiger partial charge in [0.05, 0.1) is 12.0 Å². The first-order chi connectivity index (χ1) is 5.83. The van der Waals surface area contributed by atoms with Gasteiger partial charge in [0.15, 0.2) is 0 Å². The molecule has 0 heterocycles. The molecule has 0 aromatic rings. The van der Waals surface area contributed by atoms with Gasteiger partial charge in [-0.25, -0.2) is 4.79 Å². The molecule has 1 aliphatic carbocycles. The Kier molecular flexibility index (Phi) is 4.29. The molecule has 0 aromatic carbocycles. The Labute approximate surface area is 77.4 Å². The normalized spacial score (nSPS) is 15.8. The highest BCUT2D eigenvalue weighted by atomic mass is 32.2. The summed E-state index contributed by atoms with van der Waals surface area (Å²) in [5.41, 5.74) is 0. The second-order valence-electron chi connectivity index (χ2n) is 2.96. The van der Waals surface area contributed by atoms with E-state index in [9.17, 15) is 4.79 Å². The molecular weight excluding hydrogens is 174 g/mol. The van der Waals surface area contributed by atoms with Gasteiger partial charge in [-0.1, -0.05) is 13.3 Å². The largest absolute Gasteiger partial charge is 0.419 e. The Morgan fingerprint density at radius 2 is 2.42 bits per heavy atom. The molecule has 0 unspecified atom stereocenters. The Hall–Kier alpha value is -0.380. The number of hydrogen-bond acceptors (Lipinski definition) is 3. The first kappa shape index (κ1) is 9.71. The lowest BCUT2D eigenvalue weighted by Crippen LogP contribution is -2.24. The van der Waals surface area contributed by atoms with E-state index in [-0.39, 0.29) is 6.09 Å². The number of unbranched alkanes of at least 4 members (excludes halogenated alkanes) is 1. The highest BCUT2D eigenvalue weighted by Crippen LogP contribution is 2.19. The van der Waals surface area contributed by atoms with Gasteiger partial charge in [-0.3, -0.25) is 0 Å². The molecule has 3 nitrogen and oxygen atoms in total. The molecule has 4 heteroatoms. The van der Waals surface area contributed by atoms with Crippen LogP contribution in [0.15, 0.2) is 0 Å². The maximum atomic E-state index is 10.9. The van der Waals surface area contributed by atoms with Crippen molar-refractivity contribution in [2.24, 2.45) is 0 Å². The van der Waals surface area contributed by atoms with Crippen LogP contribution in [0.1, 0.15) is 32.6 Å². The fourth-order valence-electron chi connectivity index (χ4n) is 0.717. The van der Waals surface area contributed by atoms with Gasteiger partial charge in [-0.05, 0) is 19.3 Å². The topological polar surface area (TPSA) is 38.3 Å². The molecule has 1 rings (SSSR count). The SMILES string of the molecule is CCCCSOC(=O)NC1CC1. The fraction of sp³-hybridized carbons (Fsp3) is 0.875. The molecule has 0 aromatic heterocycles. The van der Waals surface area contributed by atoms with E-state index in [1.165, 1.54) is 12.0 Å². The quantitative estimate of drug-likeness (QED) is 0.533. The van der Waals surface area contributed by atoms with Gasteiger partial charge < -0.3 is 9.50 Å². The average molecular weight is 189 g/mol. The Balaban J connectivity index is 1.87. The van der Waals surface area contributed by atoms with Crippen molar-refractivity contribution in [2.45, 2.75) is 38.6 Å². The molecule has 0 saturated heterocycles. The third kappa shape index (κ3) is 4.49. The van der Waals surface area contributed by atoms with Crippen molar-refractivity contribution < 1.29 is 8.98 Å². The predicted molar refractivity (Wildman–Crippen MR) is 50.0 cm³/mol. The maximum Gasteiger partial charge on any atom is 0.419 e. The minimum Gasteiger partial charge on any atom is -0.375 e. The van der Waals surface area contributed by atoms with E-state index < -0.39 is 0 Å². The number of carbonyl (C=O) groups is 1. The summed E-state index contributed by atoms with van der Waals surface area (Å²) in [5, 5.41) is 2.75. The number of carbonyl (C=O) groups excluding carboxylic acids is 1. The summed E-state index contributed by atoms with van der Waals surface area (Å²) < 4.78 is 4.86. The third-order valence-corrected chi connectivity index (χ3v) is 2.34. The first-order valence-electron chi connectivity index (χ1n) is 4.43. The van der Waals surface area contributed by atoms with Crippen LogP contribution in [0.25, 0.3) is 0 Å². The number of nitrogens with one attached hydrogen (secondary N) is 1. The van der Waals surface area contributed by atoms with Crippen molar-refractivity contribution in [3.63, 3.8) is 0 Å². The zero-order valence-electron chi connectivity index (χ0n) is 7.34. The van der Waals surface area contributed by atoms with Crippen molar-refractivity contribution in [1.82, 2.24) is 5.32 Å². The number of hydrogen-bond donors (Lipinski definition) is 1. The molecule has 12 heavy (non-hydrogen) atoms. The van der Waals surface area contributed by atoms with E-state index in [1.54, 1.807) is 0 Å². The molecule has 0 spiro atoms. The van der Waals surface area contributed by atoms with Crippen molar-refractivity contribution in [1.29, 1.82) is 0 Å². The van der Waals surface area contributed by atoms with Gasteiger partial charge in [-0.15, -0.1) is 0 Å². The predicted octanol–water partition coefficient (Wildman–Crippen LogP) is 2.32. The highest BCUT2D eigenvalue weighted by Gasteiger charge is 2.23. The maximum absolute atomic E-state index is 10.9. The van der Waals surface area contributed by atoms with Gasteiger partial charge in [-0.2, -0.15) is 0 Å². The van der Waals surface area contributed by atoms with Crippen molar-refractivity contribution >= 4 is 18.1 Å². The molecule has 1 N–H and O–H groups in total. The summed E-state index contributed by atoms with van der Waals surface area (Å²) in [6.45, 7) is 2.12. The summed E-state index contributed by atoms with van der Waals surface area (Å²) in [4.78, 5) is 10.9. The average Bonchev–Trinajstić information content (AvgIpc) is 2.82. The van der Waals surface area contributed by atoms with Crippen molar-refractivity contribution in [3.8, 4) is 0 Å². The minimum atomic E-state index is -0.279. The second-order valence-corrected chi connectivity index (χ2v) is 3.78. The zero-order chi connectivity index (χ0) is 8.81. The Morgan fingerprint density at radius 3 is 3.00 bits per heavy atom. The molecule has 1 fully saturated rings. The van der Waals surface area contributed by atoms with Crippen LogP contribution in [0.4, 0.5) is 4.79 Å². The molecule has 0 bridgehead atoms. The van der Waals surface area contributed by atoms with Gasteiger partial charge in [0, 0.05) is 11.8 Å². The van der Waals surface area contributed by atoms with Gasteiger partial charge in [0.25, 0.3) is 0 Å². The summed E-state index contributed by atoms with van der Waals surface area (Å²) in [7, 11) is 0. The van der Waals surface area contributed by atoms with Crippen LogP contribution in [0, 0.1) is 0 Å². The van der Waals surface area contributed by atoms with E-state index in [0.717, 1.165) is 31.4 Å². The summed E-state index contributed by atoms with van der Waals surface area (Å²) in [6, 6.07) is 0.393. The fourth-order valence-corrected chi connectivity index (χ4v) is 1.36. The molecule has 0 aliphatic heterocycles. The van der Waals surface area contributed by atoms with Crippen molar-refractivity contribution in [2.75, 3.05) is 5.75 Å². The molecular formula is C8H15NO2S. The van der Waals surface area contributed by atoms with Crippen LogP contribution < -0.4 is 5.32 Å². The van der Waals surface area contributed by atoms with E-state index in [0.29, 0.717) is 6.04 Å². The van der Waals surface area contributed by atoms with Crippen LogP contribution in [0.5, 0.6) is 0 Å². The molecule has 70 valence electrons. The monoisotopic (exact) mass is 189 g/mol. The molecule has 0 radical (unpaired) electrons. The van der Waals surface area contributed by atoms with Crippen molar-refractivity contribution in [3.05, 3.63) is 0 Å². The van der Waals surface area contributed by atoms with E-state index >= 15 is 0 Å². The van der Waals surface area contributed by atoms with E-state index in [1.807, 2.05) is 0 Å². The van der Waals surface area contributed by atoms with Crippen LogP contribution in [0.3, 0.4) is 0 Å². The summed E-state index contributed by atoms with van der Waals surface area (Å²) in [5.74, 6) is 0.897. The zero-order valence-corrected chi connectivity index (χ0v) is 8.15. The summed E-state index contributed by atoms with van der Waals surface area (Å²) in [6.07, 6.45) is 4.17. The first-order valence-corrected chi connectivity index (χ1v) is 5.34. The minimum absolute atomic E-state index is 0.279.